The minimum Gasteiger partial charge on any atom is -0.495 e. The molecule has 0 amide bonds. The zero-order valence-electron chi connectivity index (χ0n) is 14.4. The summed E-state index contributed by atoms with van der Waals surface area (Å²) >= 11 is 0. The number of rotatable bonds is 6. The van der Waals surface area contributed by atoms with Crippen LogP contribution in [0.15, 0.2) is 53.4 Å². The molecule has 1 atom stereocenters. The van der Waals surface area contributed by atoms with E-state index in [4.69, 9.17) is 4.74 Å². The smallest absolute Gasteiger partial charge is 0.244 e. The van der Waals surface area contributed by atoms with Crippen molar-refractivity contribution in [2.75, 3.05) is 13.7 Å². The molecule has 0 radical (unpaired) electrons. The van der Waals surface area contributed by atoms with Crippen molar-refractivity contribution >= 4 is 10.0 Å². The van der Waals surface area contributed by atoms with Gasteiger partial charge < -0.3 is 10.1 Å². The summed E-state index contributed by atoms with van der Waals surface area (Å²) in [5, 5.41) is 3.53. The summed E-state index contributed by atoms with van der Waals surface area (Å²) in [4.78, 5) is 0.158. The highest BCUT2D eigenvalue weighted by atomic mass is 32.2. The Morgan fingerprint density at radius 1 is 1.12 bits per heavy atom. The molecule has 0 spiro atoms. The highest BCUT2D eigenvalue weighted by molar-refractivity contribution is 7.89. The van der Waals surface area contributed by atoms with E-state index in [0.717, 1.165) is 18.5 Å². The molecule has 1 fully saturated rings. The second-order valence-electron chi connectivity index (χ2n) is 6.18. The van der Waals surface area contributed by atoms with E-state index >= 15 is 0 Å². The van der Waals surface area contributed by atoms with Crippen LogP contribution < -0.4 is 14.8 Å². The van der Waals surface area contributed by atoms with Crippen molar-refractivity contribution < 1.29 is 13.2 Å². The van der Waals surface area contributed by atoms with Crippen molar-refractivity contribution in [2.24, 2.45) is 0 Å². The zero-order chi connectivity index (χ0) is 17.7. The molecule has 2 aromatic carbocycles. The number of nitrogens with one attached hydrogen (secondary N) is 2. The van der Waals surface area contributed by atoms with Crippen molar-refractivity contribution in [1.29, 1.82) is 0 Å². The van der Waals surface area contributed by atoms with E-state index in [-0.39, 0.29) is 11.4 Å². The minimum absolute atomic E-state index is 0.158. The molecule has 25 heavy (non-hydrogen) atoms. The van der Waals surface area contributed by atoms with Gasteiger partial charge in [0.05, 0.1) is 7.11 Å². The summed E-state index contributed by atoms with van der Waals surface area (Å²) in [5.41, 5.74) is 2.17. The standard InChI is InChI=1S/C19H24N2O3S/c1-24-18-11-4-5-12-19(18)25(22,23)21-14-15-8-2-3-9-16(15)17-10-6-7-13-20-17/h2-5,8-9,11-12,17,20-21H,6-7,10,13-14H2,1H3. The highest BCUT2D eigenvalue weighted by Crippen LogP contribution is 2.27. The van der Waals surface area contributed by atoms with Crippen LogP contribution in [0.5, 0.6) is 5.75 Å². The fraction of sp³-hybridized carbons (Fsp3) is 0.368. The van der Waals surface area contributed by atoms with Gasteiger partial charge in [0.15, 0.2) is 0 Å². The van der Waals surface area contributed by atoms with Crippen molar-refractivity contribution in [3.05, 3.63) is 59.7 Å². The summed E-state index contributed by atoms with van der Waals surface area (Å²) in [6.45, 7) is 1.26. The number of hydrogen-bond donors (Lipinski definition) is 2. The predicted octanol–water partition coefficient (Wildman–Crippen LogP) is 2.99. The Morgan fingerprint density at radius 3 is 2.64 bits per heavy atom. The van der Waals surface area contributed by atoms with E-state index in [2.05, 4.69) is 16.1 Å². The lowest BCUT2D eigenvalue weighted by atomic mass is 9.94. The summed E-state index contributed by atoms with van der Waals surface area (Å²) < 4.78 is 33.2. The monoisotopic (exact) mass is 360 g/mol. The van der Waals surface area contributed by atoms with Crippen LogP contribution in [-0.2, 0) is 16.6 Å². The minimum atomic E-state index is -3.64. The Morgan fingerprint density at radius 2 is 1.88 bits per heavy atom. The number of hydrogen-bond acceptors (Lipinski definition) is 4. The van der Waals surface area contributed by atoms with Gasteiger partial charge in [0.25, 0.3) is 0 Å². The maximum absolute atomic E-state index is 12.7. The molecule has 0 aromatic heterocycles. The number of benzene rings is 2. The second kappa shape index (κ2) is 7.99. The van der Waals surface area contributed by atoms with Gasteiger partial charge in [-0.25, -0.2) is 13.1 Å². The van der Waals surface area contributed by atoms with Gasteiger partial charge >= 0.3 is 0 Å². The van der Waals surface area contributed by atoms with Crippen LogP contribution in [0.1, 0.15) is 36.4 Å². The summed E-state index contributed by atoms with van der Waals surface area (Å²) in [6.07, 6.45) is 3.47. The van der Waals surface area contributed by atoms with Gasteiger partial charge in [0.1, 0.15) is 10.6 Å². The first kappa shape index (κ1) is 17.9. The van der Waals surface area contributed by atoms with Crippen LogP contribution in [0.4, 0.5) is 0 Å². The molecule has 3 rings (SSSR count). The van der Waals surface area contributed by atoms with Crippen LogP contribution >= 0.6 is 0 Å². The Bertz CT molecular complexity index is 815. The summed E-state index contributed by atoms with van der Waals surface area (Å²) in [6, 6.07) is 14.9. The summed E-state index contributed by atoms with van der Waals surface area (Å²) in [7, 11) is -2.17. The van der Waals surface area contributed by atoms with Gasteiger partial charge in [-0.3, -0.25) is 0 Å². The van der Waals surface area contributed by atoms with Crippen LogP contribution in [-0.4, -0.2) is 22.1 Å². The second-order valence-corrected chi connectivity index (χ2v) is 7.91. The molecule has 0 bridgehead atoms. The SMILES string of the molecule is COc1ccccc1S(=O)(=O)NCc1ccccc1C1CCCCN1. The molecule has 1 heterocycles. The van der Waals surface area contributed by atoms with E-state index < -0.39 is 10.0 Å². The number of ether oxygens (including phenoxy) is 1. The summed E-state index contributed by atoms with van der Waals surface area (Å²) in [5.74, 6) is 0.345. The molecule has 134 valence electrons. The molecule has 2 N–H and O–H groups in total. The van der Waals surface area contributed by atoms with Crippen LogP contribution in [0.2, 0.25) is 0 Å². The quantitative estimate of drug-likeness (QED) is 0.831. The lowest BCUT2D eigenvalue weighted by Crippen LogP contribution is -2.29. The number of sulfonamides is 1. The molecule has 0 aliphatic carbocycles. The lowest BCUT2D eigenvalue weighted by Gasteiger charge is -2.26. The first-order valence-corrected chi connectivity index (χ1v) is 10.0. The Hall–Kier alpha value is -1.89. The van der Waals surface area contributed by atoms with Crippen molar-refractivity contribution in [3.8, 4) is 5.75 Å². The molecule has 1 aliphatic heterocycles. The van der Waals surface area contributed by atoms with Crippen molar-refractivity contribution in [1.82, 2.24) is 10.0 Å². The zero-order valence-corrected chi connectivity index (χ0v) is 15.2. The largest absolute Gasteiger partial charge is 0.495 e. The first-order valence-electron chi connectivity index (χ1n) is 8.55. The fourth-order valence-electron chi connectivity index (χ4n) is 3.24. The van der Waals surface area contributed by atoms with Crippen LogP contribution in [0.25, 0.3) is 0 Å². The first-order chi connectivity index (χ1) is 12.1. The molecule has 0 saturated carbocycles. The van der Waals surface area contributed by atoms with Gasteiger partial charge in [-0.15, -0.1) is 0 Å². The van der Waals surface area contributed by atoms with E-state index in [1.54, 1.807) is 24.3 Å². The Labute approximate surface area is 149 Å². The molecule has 6 heteroatoms. The third kappa shape index (κ3) is 4.21. The molecule has 1 unspecified atom stereocenters. The average Bonchev–Trinajstić information content (AvgIpc) is 2.67. The molecule has 1 aliphatic rings. The molecule has 2 aromatic rings. The van der Waals surface area contributed by atoms with Crippen LogP contribution in [0, 0.1) is 0 Å². The molecular weight excluding hydrogens is 336 g/mol. The average molecular weight is 360 g/mol. The number of para-hydroxylation sites is 1. The van der Waals surface area contributed by atoms with E-state index in [0.29, 0.717) is 11.8 Å². The highest BCUT2D eigenvalue weighted by Gasteiger charge is 2.21. The molecule has 1 saturated heterocycles. The van der Waals surface area contributed by atoms with Crippen molar-refractivity contribution in [3.63, 3.8) is 0 Å². The third-order valence-electron chi connectivity index (χ3n) is 4.55. The van der Waals surface area contributed by atoms with E-state index in [1.165, 1.54) is 25.5 Å². The van der Waals surface area contributed by atoms with Crippen molar-refractivity contribution in [2.45, 2.75) is 36.7 Å². The number of piperidine rings is 1. The Kier molecular flexibility index (Phi) is 5.73. The Balaban J connectivity index is 1.79. The lowest BCUT2D eigenvalue weighted by molar-refractivity contribution is 0.402. The number of methoxy groups -OCH3 is 1. The third-order valence-corrected chi connectivity index (χ3v) is 5.99. The maximum Gasteiger partial charge on any atom is 0.244 e. The topological polar surface area (TPSA) is 67.4 Å². The molecule has 5 nitrogen and oxygen atoms in total. The van der Waals surface area contributed by atoms with Gasteiger partial charge in [0.2, 0.25) is 10.0 Å². The normalized spacial score (nSPS) is 18.0. The van der Waals surface area contributed by atoms with E-state index in [9.17, 15) is 8.42 Å². The van der Waals surface area contributed by atoms with E-state index in [1.807, 2.05) is 18.2 Å². The van der Waals surface area contributed by atoms with Gasteiger partial charge in [-0.2, -0.15) is 0 Å². The molecular formula is C19H24N2O3S. The van der Waals surface area contributed by atoms with Gasteiger partial charge in [-0.1, -0.05) is 42.8 Å². The van der Waals surface area contributed by atoms with Crippen LogP contribution in [0.3, 0.4) is 0 Å². The predicted molar refractivity (Wildman–Crippen MR) is 98.1 cm³/mol. The van der Waals surface area contributed by atoms with Gasteiger partial charge in [-0.05, 0) is 42.6 Å². The maximum atomic E-state index is 12.7. The van der Waals surface area contributed by atoms with Gasteiger partial charge in [0, 0.05) is 12.6 Å². The fourth-order valence-corrected chi connectivity index (χ4v) is 4.42.